The SMILES string of the molecule is COC(=O)C1=CCC(C)(c2ccccc2)CC1. The molecule has 90 valence electrons. The van der Waals surface area contributed by atoms with Crippen LogP contribution in [-0.2, 0) is 14.9 Å². The van der Waals surface area contributed by atoms with Gasteiger partial charge in [-0.1, -0.05) is 43.3 Å². The number of carbonyl (C=O) groups excluding carboxylic acids is 1. The Hall–Kier alpha value is -1.57. The van der Waals surface area contributed by atoms with E-state index in [9.17, 15) is 4.79 Å². The van der Waals surface area contributed by atoms with Crippen molar-refractivity contribution in [2.75, 3.05) is 7.11 Å². The Labute approximate surface area is 102 Å². The minimum absolute atomic E-state index is 0.152. The van der Waals surface area contributed by atoms with Crippen LogP contribution >= 0.6 is 0 Å². The molecule has 0 amide bonds. The molecule has 0 radical (unpaired) electrons. The predicted octanol–water partition coefficient (Wildman–Crippen LogP) is 3.23. The lowest BCUT2D eigenvalue weighted by molar-refractivity contribution is -0.136. The summed E-state index contributed by atoms with van der Waals surface area (Å²) in [5.41, 5.74) is 2.32. The summed E-state index contributed by atoms with van der Waals surface area (Å²) < 4.78 is 4.76. The van der Waals surface area contributed by atoms with Crippen LogP contribution in [0.2, 0.25) is 0 Å². The number of allylic oxidation sites excluding steroid dienone is 1. The monoisotopic (exact) mass is 230 g/mol. The highest BCUT2D eigenvalue weighted by Gasteiger charge is 2.30. The number of esters is 1. The Kier molecular flexibility index (Phi) is 3.32. The van der Waals surface area contributed by atoms with Crippen molar-refractivity contribution in [1.82, 2.24) is 0 Å². The van der Waals surface area contributed by atoms with Crippen molar-refractivity contribution in [3.05, 3.63) is 47.5 Å². The molecule has 0 aliphatic heterocycles. The molecule has 0 bridgehead atoms. The van der Waals surface area contributed by atoms with Crippen molar-refractivity contribution in [2.24, 2.45) is 0 Å². The third-order valence-electron chi connectivity index (χ3n) is 3.66. The van der Waals surface area contributed by atoms with E-state index in [1.165, 1.54) is 12.7 Å². The number of rotatable bonds is 2. The van der Waals surface area contributed by atoms with Crippen molar-refractivity contribution in [1.29, 1.82) is 0 Å². The van der Waals surface area contributed by atoms with Gasteiger partial charge < -0.3 is 4.74 Å². The molecule has 0 fully saturated rings. The molecular weight excluding hydrogens is 212 g/mol. The van der Waals surface area contributed by atoms with Gasteiger partial charge in [-0.3, -0.25) is 0 Å². The van der Waals surface area contributed by atoms with Gasteiger partial charge in [-0.05, 0) is 30.2 Å². The average molecular weight is 230 g/mol. The second-order valence-corrected chi connectivity index (χ2v) is 4.85. The second kappa shape index (κ2) is 4.74. The largest absolute Gasteiger partial charge is 0.466 e. The van der Waals surface area contributed by atoms with Crippen LogP contribution in [0.15, 0.2) is 42.0 Å². The topological polar surface area (TPSA) is 26.3 Å². The van der Waals surface area contributed by atoms with Gasteiger partial charge in [-0.25, -0.2) is 4.79 Å². The molecule has 2 rings (SSSR count). The molecular formula is C15H18O2. The van der Waals surface area contributed by atoms with Gasteiger partial charge in [-0.15, -0.1) is 0 Å². The summed E-state index contributed by atoms with van der Waals surface area (Å²) in [4.78, 5) is 11.4. The van der Waals surface area contributed by atoms with Crippen molar-refractivity contribution in [3.63, 3.8) is 0 Å². The van der Waals surface area contributed by atoms with E-state index in [4.69, 9.17) is 4.74 Å². The lowest BCUT2D eigenvalue weighted by Gasteiger charge is -2.32. The smallest absolute Gasteiger partial charge is 0.333 e. The summed E-state index contributed by atoms with van der Waals surface area (Å²) in [6.07, 6.45) is 4.74. The summed E-state index contributed by atoms with van der Waals surface area (Å²) in [7, 11) is 1.44. The van der Waals surface area contributed by atoms with Crippen LogP contribution < -0.4 is 0 Å². The molecule has 1 atom stereocenters. The van der Waals surface area contributed by atoms with E-state index in [-0.39, 0.29) is 11.4 Å². The summed E-state index contributed by atoms with van der Waals surface area (Å²) in [6, 6.07) is 10.5. The molecule has 0 saturated heterocycles. The Bertz CT molecular complexity index is 433. The van der Waals surface area contributed by atoms with Gasteiger partial charge in [0.2, 0.25) is 0 Å². The fraction of sp³-hybridized carbons (Fsp3) is 0.400. The molecule has 0 aromatic heterocycles. The predicted molar refractivity (Wildman–Crippen MR) is 67.7 cm³/mol. The fourth-order valence-electron chi connectivity index (χ4n) is 2.38. The van der Waals surface area contributed by atoms with Gasteiger partial charge in [0, 0.05) is 5.57 Å². The van der Waals surface area contributed by atoms with Crippen molar-refractivity contribution in [2.45, 2.75) is 31.6 Å². The molecule has 17 heavy (non-hydrogen) atoms. The van der Waals surface area contributed by atoms with E-state index in [1.807, 2.05) is 12.1 Å². The maximum Gasteiger partial charge on any atom is 0.333 e. The first-order valence-corrected chi connectivity index (χ1v) is 5.98. The van der Waals surface area contributed by atoms with Crippen LogP contribution in [-0.4, -0.2) is 13.1 Å². The molecule has 0 spiro atoms. The minimum atomic E-state index is -0.180. The summed E-state index contributed by atoms with van der Waals surface area (Å²) in [5.74, 6) is -0.180. The normalized spacial score (nSPS) is 24.0. The number of ether oxygens (including phenoxy) is 1. The van der Waals surface area contributed by atoms with Gasteiger partial charge in [0.15, 0.2) is 0 Å². The highest BCUT2D eigenvalue weighted by atomic mass is 16.5. The highest BCUT2D eigenvalue weighted by Crippen LogP contribution is 2.38. The molecule has 0 N–H and O–H groups in total. The number of hydrogen-bond donors (Lipinski definition) is 0. The Morgan fingerprint density at radius 2 is 2.00 bits per heavy atom. The lowest BCUT2D eigenvalue weighted by atomic mass is 9.72. The quantitative estimate of drug-likeness (QED) is 0.729. The number of carbonyl (C=O) groups is 1. The molecule has 1 aromatic rings. The van der Waals surface area contributed by atoms with Gasteiger partial charge >= 0.3 is 5.97 Å². The number of methoxy groups -OCH3 is 1. The van der Waals surface area contributed by atoms with Crippen LogP contribution in [0.4, 0.5) is 0 Å². The van der Waals surface area contributed by atoms with Crippen molar-refractivity contribution < 1.29 is 9.53 Å². The van der Waals surface area contributed by atoms with Gasteiger partial charge in [0.1, 0.15) is 0 Å². The Balaban J connectivity index is 2.17. The molecule has 2 nitrogen and oxygen atoms in total. The Morgan fingerprint density at radius 3 is 2.53 bits per heavy atom. The highest BCUT2D eigenvalue weighted by molar-refractivity contribution is 5.88. The van der Waals surface area contributed by atoms with Crippen LogP contribution in [0.5, 0.6) is 0 Å². The molecule has 1 unspecified atom stereocenters. The minimum Gasteiger partial charge on any atom is -0.466 e. The summed E-state index contributed by atoms with van der Waals surface area (Å²) >= 11 is 0. The molecule has 1 aromatic carbocycles. The summed E-state index contributed by atoms with van der Waals surface area (Å²) in [5, 5.41) is 0. The fourth-order valence-corrected chi connectivity index (χ4v) is 2.38. The zero-order valence-electron chi connectivity index (χ0n) is 10.4. The number of benzene rings is 1. The third kappa shape index (κ3) is 2.41. The molecule has 0 saturated carbocycles. The standard InChI is InChI=1S/C15H18O2/c1-15(13-6-4-3-5-7-13)10-8-12(9-11-15)14(16)17-2/h3-8H,9-11H2,1-2H3. The summed E-state index contributed by atoms with van der Waals surface area (Å²) in [6.45, 7) is 2.26. The first kappa shape index (κ1) is 11.9. The molecule has 1 aliphatic rings. The van der Waals surface area contributed by atoms with Crippen LogP contribution in [0.1, 0.15) is 31.7 Å². The maximum absolute atomic E-state index is 11.4. The van der Waals surface area contributed by atoms with E-state index >= 15 is 0 Å². The Morgan fingerprint density at radius 1 is 1.29 bits per heavy atom. The zero-order valence-corrected chi connectivity index (χ0v) is 10.4. The first-order chi connectivity index (χ1) is 8.15. The zero-order chi connectivity index (χ0) is 12.3. The average Bonchev–Trinajstić information content (AvgIpc) is 2.40. The number of hydrogen-bond acceptors (Lipinski definition) is 2. The van der Waals surface area contributed by atoms with Gasteiger partial charge in [0.25, 0.3) is 0 Å². The second-order valence-electron chi connectivity index (χ2n) is 4.85. The van der Waals surface area contributed by atoms with Gasteiger partial charge in [-0.2, -0.15) is 0 Å². The maximum atomic E-state index is 11.4. The lowest BCUT2D eigenvalue weighted by Crippen LogP contribution is -2.25. The van der Waals surface area contributed by atoms with Gasteiger partial charge in [0.05, 0.1) is 7.11 Å². The molecule has 2 heteroatoms. The van der Waals surface area contributed by atoms with E-state index in [0.29, 0.717) is 0 Å². The van der Waals surface area contributed by atoms with E-state index < -0.39 is 0 Å². The van der Waals surface area contributed by atoms with Crippen molar-refractivity contribution >= 4 is 5.97 Å². The van der Waals surface area contributed by atoms with Crippen LogP contribution in [0, 0.1) is 0 Å². The third-order valence-corrected chi connectivity index (χ3v) is 3.66. The van der Waals surface area contributed by atoms with E-state index in [1.54, 1.807) is 0 Å². The first-order valence-electron chi connectivity index (χ1n) is 5.98. The van der Waals surface area contributed by atoms with Crippen LogP contribution in [0.3, 0.4) is 0 Å². The molecule has 0 heterocycles. The van der Waals surface area contributed by atoms with E-state index in [2.05, 4.69) is 31.2 Å². The van der Waals surface area contributed by atoms with Crippen molar-refractivity contribution in [3.8, 4) is 0 Å². The molecule has 1 aliphatic carbocycles. The van der Waals surface area contributed by atoms with E-state index in [0.717, 1.165) is 24.8 Å². The van der Waals surface area contributed by atoms with Crippen LogP contribution in [0.25, 0.3) is 0 Å².